The van der Waals surface area contributed by atoms with Gasteiger partial charge in [-0.05, 0) is 18.9 Å². The van der Waals surface area contributed by atoms with Gasteiger partial charge in [-0.3, -0.25) is 0 Å². The van der Waals surface area contributed by atoms with E-state index < -0.39 is 6.16 Å². The van der Waals surface area contributed by atoms with Gasteiger partial charge >= 0.3 is 6.16 Å². The van der Waals surface area contributed by atoms with Gasteiger partial charge in [0.15, 0.2) is 0 Å². The Balaban J connectivity index is 2.81. The summed E-state index contributed by atoms with van der Waals surface area (Å²) in [7, 11) is 0. The van der Waals surface area contributed by atoms with Gasteiger partial charge in [-0.25, -0.2) is 4.79 Å². The smallest absolute Gasteiger partial charge is 0.430 e. The van der Waals surface area contributed by atoms with Crippen LogP contribution in [0.3, 0.4) is 0 Å². The SMILES string of the molecule is C/C=C1\OC(=O)O[C@@H](C(C)C)[C@@H]1C. The Morgan fingerprint density at radius 3 is 2.54 bits per heavy atom. The van der Waals surface area contributed by atoms with Crippen LogP contribution in [0.2, 0.25) is 0 Å². The van der Waals surface area contributed by atoms with Crippen LogP contribution >= 0.6 is 0 Å². The summed E-state index contributed by atoms with van der Waals surface area (Å²) >= 11 is 0. The van der Waals surface area contributed by atoms with Crippen LogP contribution in [-0.4, -0.2) is 12.3 Å². The van der Waals surface area contributed by atoms with Crippen molar-refractivity contribution < 1.29 is 14.3 Å². The topological polar surface area (TPSA) is 35.5 Å². The number of hydrogen-bond donors (Lipinski definition) is 0. The molecule has 0 aromatic rings. The first-order valence-corrected chi connectivity index (χ1v) is 4.61. The summed E-state index contributed by atoms with van der Waals surface area (Å²) in [5.74, 6) is 1.19. The molecule has 1 saturated heterocycles. The predicted molar refractivity (Wildman–Crippen MR) is 49.1 cm³/mol. The van der Waals surface area contributed by atoms with E-state index in [9.17, 15) is 4.79 Å². The van der Waals surface area contributed by atoms with E-state index >= 15 is 0 Å². The Bertz CT molecular complexity index is 230. The monoisotopic (exact) mass is 184 g/mol. The number of carbonyl (C=O) groups excluding carboxylic acids is 1. The fourth-order valence-corrected chi connectivity index (χ4v) is 1.62. The summed E-state index contributed by atoms with van der Waals surface area (Å²) in [5, 5.41) is 0. The van der Waals surface area contributed by atoms with E-state index in [-0.39, 0.29) is 12.0 Å². The first kappa shape index (κ1) is 10.1. The average molecular weight is 184 g/mol. The summed E-state index contributed by atoms with van der Waals surface area (Å²) < 4.78 is 10.0. The van der Waals surface area contributed by atoms with Crippen molar-refractivity contribution in [3.63, 3.8) is 0 Å². The second-order valence-electron chi connectivity index (χ2n) is 3.66. The molecule has 1 heterocycles. The van der Waals surface area contributed by atoms with E-state index in [0.29, 0.717) is 5.92 Å². The number of cyclic esters (lactones) is 2. The van der Waals surface area contributed by atoms with Crippen molar-refractivity contribution in [1.82, 2.24) is 0 Å². The predicted octanol–water partition coefficient (Wildman–Crippen LogP) is 2.72. The number of allylic oxidation sites excluding steroid dienone is 1. The second kappa shape index (κ2) is 3.81. The van der Waals surface area contributed by atoms with Crippen LogP contribution in [-0.2, 0) is 9.47 Å². The molecule has 0 unspecified atom stereocenters. The molecule has 0 amide bonds. The maximum absolute atomic E-state index is 11.0. The Kier molecular flexibility index (Phi) is 2.96. The number of ether oxygens (including phenoxy) is 2. The van der Waals surface area contributed by atoms with Crippen LogP contribution in [0.1, 0.15) is 27.7 Å². The van der Waals surface area contributed by atoms with Crippen molar-refractivity contribution in [3.05, 3.63) is 11.8 Å². The van der Waals surface area contributed by atoms with E-state index in [1.165, 1.54) is 0 Å². The molecule has 0 bridgehead atoms. The lowest BCUT2D eigenvalue weighted by Crippen LogP contribution is -2.37. The summed E-state index contributed by atoms with van der Waals surface area (Å²) in [4.78, 5) is 11.0. The van der Waals surface area contributed by atoms with Gasteiger partial charge in [-0.1, -0.05) is 20.8 Å². The Morgan fingerprint density at radius 2 is 2.08 bits per heavy atom. The average Bonchev–Trinajstić information content (AvgIpc) is 2.08. The van der Waals surface area contributed by atoms with E-state index in [4.69, 9.17) is 9.47 Å². The van der Waals surface area contributed by atoms with Crippen molar-refractivity contribution in [2.45, 2.75) is 33.8 Å². The molecular formula is C10H16O3. The second-order valence-corrected chi connectivity index (χ2v) is 3.66. The molecule has 2 atom stereocenters. The number of carbonyl (C=O) groups is 1. The zero-order valence-corrected chi connectivity index (χ0v) is 8.53. The Hall–Kier alpha value is -0.990. The highest BCUT2D eigenvalue weighted by molar-refractivity contribution is 5.63. The van der Waals surface area contributed by atoms with Gasteiger partial charge in [0.1, 0.15) is 11.9 Å². The normalized spacial score (nSPS) is 31.8. The number of rotatable bonds is 1. The quantitative estimate of drug-likeness (QED) is 0.588. The summed E-state index contributed by atoms with van der Waals surface area (Å²) in [5.41, 5.74) is 0. The lowest BCUT2D eigenvalue weighted by molar-refractivity contribution is -0.0403. The molecule has 3 heteroatoms. The number of hydrogen-bond acceptors (Lipinski definition) is 3. The Morgan fingerprint density at radius 1 is 1.46 bits per heavy atom. The highest BCUT2D eigenvalue weighted by Gasteiger charge is 2.34. The van der Waals surface area contributed by atoms with E-state index in [2.05, 4.69) is 0 Å². The molecule has 1 rings (SSSR count). The van der Waals surface area contributed by atoms with Crippen LogP contribution in [0.25, 0.3) is 0 Å². The molecule has 3 nitrogen and oxygen atoms in total. The molecule has 0 aromatic carbocycles. The minimum absolute atomic E-state index is 0.0625. The van der Waals surface area contributed by atoms with Gasteiger partial charge in [0, 0.05) is 0 Å². The summed E-state index contributed by atoms with van der Waals surface area (Å²) in [6.07, 6.45) is 1.18. The van der Waals surface area contributed by atoms with Crippen molar-refractivity contribution in [1.29, 1.82) is 0 Å². The van der Waals surface area contributed by atoms with Crippen LogP contribution < -0.4 is 0 Å². The van der Waals surface area contributed by atoms with E-state index in [0.717, 1.165) is 5.76 Å². The van der Waals surface area contributed by atoms with Gasteiger partial charge in [0.2, 0.25) is 0 Å². The van der Waals surface area contributed by atoms with E-state index in [1.807, 2.05) is 33.8 Å². The van der Waals surface area contributed by atoms with Crippen LogP contribution in [0.4, 0.5) is 4.79 Å². The van der Waals surface area contributed by atoms with Crippen molar-refractivity contribution in [2.24, 2.45) is 11.8 Å². The van der Waals surface area contributed by atoms with Gasteiger partial charge in [-0.15, -0.1) is 0 Å². The highest BCUT2D eigenvalue weighted by atomic mass is 16.7. The molecule has 1 fully saturated rings. The molecular weight excluding hydrogens is 168 g/mol. The first-order valence-electron chi connectivity index (χ1n) is 4.61. The fraction of sp³-hybridized carbons (Fsp3) is 0.700. The highest BCUT2D eigenvalue weighted by Crippen LogP contribution is 2.29. The van der Waals surface area contributed by atoms with Crippen molar-refractivity contribution in [2.75, 3.05) is 0 Å². The zero-order chi connectivity index (χ0) is 10.0. The van der Waals surface area contributed by atoms with Crippen LogP contribution in [0.15, 0.2) is 11.8 Å². The molecule has 13 heavy (non-hydrogen) atoms. The molecule has 0 N–H and O–H groups in total. The molecule has 0 aliphatic carbocycles. The minimum atomic E-state index is -0.579. The standard InChI is InChI=1S/C10H16O3/c1-5-8-7(4)9(6(2)3)13-10(11)12-8/h5-7,9H,1-4H3/b8-5-/t7-,9+/m1/s1. The summed E-state index contributed by atoms with van der Waals surface area (Å²) in [6.45, 7) is 7.94. The third-order valence-corrected chi connectivity index (χ3v) is 2.32. The fourth-order valence-electron chi connectivity index (χ4n) is 1.62. The molecule has 0 spiro atoms. The first-order chi connectivity index (χ1) is 6.06. The third-order valence-electron chi connectivity index (χ3n) is 2.32. The van der Waals surface area contributed by atoms with Crippen molar-refractivity contribution >= 4 is 6.16 Å². The third kappa shape index (κ3) is 2.02. The van der Waals surface area contributed by atoms with Crippen LogP contribution in [0.5, 0.6) is 0 Å². The molecule has 1 aliphatic rings. The molecule has 0 saturated carbocycles. The minimum Gasteiger partial charge on any atom is -0.430 e. The molecule has 0 radical (unpaired) electrons. The van der Waals surface area contributed by atoms with E-state index in [1.54, 1.807) is 0 Å². The van der Waals surface area contributed by atoms with Crippen LogP contribution in [0, 0.1) is 11.8 Å². The van der Waals surface area contributed by atoms with Gasteiger partial charge < -0.3 is 9.47 Å². The lowest BCUT2D eigenvalue weighted by Gasteiger charge is -2.32. The lowest BCUT2D eigenvalue weighted by atomic mass is 9.92. The molecule has 1 aliphatic heterocycles. The van der Waals surface area contributed by atoms with Crippen molar-refractivity contribution in [3.8, 4) is 0 Å². The van der Waals surface area contributed by atoms with Gasteiger partial charge in [0.25, 0.3) is 0 Å². The molecule has 0 aromatic heterocycles. The maximum atomic E-state index is 11.0. The summed E-state index contributed by atoms with van der Waals surface area (Å²) in [6, 6.07) is 0. The zero-order valence-electron chi connectivity index (χ0n) is 8.53. The Labute approximate surface area is 78.7 Å². The van der Waals surface area contributed by atoms with Gasteiger partial charge in [-0.2, -0.15) is 0 Å². The van der Waals surface area contributed by atoms with Gasteiger partial charge in [0.05, 0.1) is 5.92 Å². The maximum Gasteiger partial charge on any atom is 0.513 e. The largest absolute Gasteiger partial charge is 0.513 e. The molecule has 74 valence electrons.